The highest BCUT2D eigenvalue weighted by Gasteiger charge is 2.33. The molecule has 5 nitrogen and oxygen atoms in total. The number of methoxy groups -OCH3 is 1. The molecular weight excluding hydrogens is 507 g/mol. The number of ether oxygens (including phenoxy) is 3. The average Bonchev–Trinajstić information content (AvgIpc) is 2.77. The Morgan fingerprint density at radius 2 is 1.77 bits per heavy atom. The second-order valence-electron chi connectivity index (χ2n) is 8.30. The summed E-state index contributed by atoms with van der Waals surface area (Å²) < 4.78 is 19.3. The van der Waals surface area contributed by atoms with Crippen LogP contribution in [0.1, 0.15) is 53.0 Å². The first-order valence-electron chi connectivity index (χ1n) is 10.9. The molecule has 0 unspecified atom stereocenters. The smallest absolute Gasteiger partial charge is 0.311 e. The molecule has 0 saturated carbocycles. The van der Waals surface area contributed by atoms with Crippen molar-refractivity contribution >= 4 is 34.8 Å². The van der Waals surface area contributed by atoms with E-state index in [4.69, 9.17) is 14.2 Å². The quantitative estimate of drug-likeness (QED) is 0.164. The first-order chi connectivity index (χ1) is 14.8. The average molecular weight is 544 g/mol. The monoisotopic (exact) mass is 544 g/mol. The highest BCUT2D eigenvalue weighted by molar-refractivity contribution is 14.1. The van der Waals surface area contributed by atoms with Gasteiger partial charge in [-0.2, -0.15) is 0 Å². The molecule has 0 saturated heterocycles. The zero-order valence-electron chi connectivity index (χ0n) is 19.5. The predicted octanol–water partition coefficient (Wildman–Crippen LogP) is 5.98. The van der Waals surface area contributed by atoms with Crippen molar-refractivity contribution in [2.24, 2.45) is 23.7 Å². The van der Waals surface area contributed by atoms with Crippen LogP contribution in [0.5, 0.6) is 5.75 Å². The minimum atomic E-state index is -0.447. The largest absolute Gasteiger partial charge is 0.497 e. The second kappa shape index (κ2) is 14.6. The molecule has 0 amide bonds. The number of hydrogen-bond donors (Lipinski definition) is 0. The summed E-state index contributed by atoms with van der Waals surface area (Å²) in [6, 6.07) is 7.67. The predicted molar refractivity (Wildman–Crippen MR) is 132 cm³/mol. The number of aldehydes is 1. The number of rotatable bonds is 14. The van der Waals surface area contributed by atoms with E-state index in [0.29, 0.717) is 13.0 Å². The van der Waals surface area contributed by atoms with Crippen molar-refractivity contribution in [2.75, 3.05) is 7.11 Å². The summed E-state index contributed by atoms with van der Waals surface area (Å²) in [5, 5.41) is 0. The Kier molecular flexibility index (Phi) is 13.0. The maximum atomic E-state index is 13.0. The van der Waals surface area contributed by atoms with Crippen LogP contribution in [0.4, 0.5) is 0 Å². The molecule has 6 atom stereocenters. The van der Waals surface area contributed by atoms with Crippen LogP contribution in [0, 0.1) is 23.7 Å². The van der Waals surface area contributed by atoms with Crippen molar-refractivity contribution in [3.05, 3.63) is 40.0 Å². The summed E-state index contributed by atoms with van der Waals surface area (Å²) in [4.78, 5) is 24.2. The van der Waals surface area contributed by atoms with Crippen LogP contribution in [0.25, 0.3) is 0 Å². The van der Waals surface area contributed by atoms with Gasteiger partial charge in [0.05, 0.1) is 25.7 Å². The number of esters is 1. The van der Waals surface area contributed by atoms with E-state index in [1.54, 1.807) is 7.11 Å². The standard InChI is InChI=1S/C25H37IO5/c1-7-23(18(3)12-13-26)31-25(28)20(5)24(19(4)14-17(2)15-27)30-16-21-8-10-22(29-6)11-9-21/h8-13,15,17-20,23-24H,7,14,16H2,1-6H3/b13-12+/t17-,18-,19+,20-,23-,24+/m1/s1. The van der Waals surface area contributed by atoms with E-state index >= 15 is 0 Å². The third kappa shape index (κ3) is 9.31. The van der Waals surface area contributed by atoms with Crippen molar-refractivity contribution in [1.29, 1.82) is 0 Å². The Balaban J connectivity index is 2.93. The van der Waals surface area contributed by atoms with Gasteiger partial charge in [-0.25, -0.2) is 0 Å². The summed E-state index contributed by atoms with van der Waals surface area (Å²) in [6.07, 6.45) is 3.86. The number of benzene rings is 1. The Morgan fingerprint density at radius 1 is 1.13 bits per heavy atom. The minimum absolute atomic E-state index is 0.0211. The Labute approximate surface area is 201 Å². The van der Waals surface area contributed by atoms with Gasteiger partial charge in [0, 0.05) is 11.8 Å². The zero-order valence-corrected chi connectivity index (χ0v) is 21.7. The number of carbonyl (C=O) groups is 2. The molecule has 0 bridgehead atoms. The lowest BCUT2D eigenvalue weighted by Gasteiger charge is -2.31. The van der Waals surface area contributed by atoms with Crippen molar-refractivity contribution in [1.82, 2.24) is 0 Å². The van der Waals surface area contributed by atoms with Crippen molar-refractivity contribution in [3.63, 3.8) is 0 Å². The van der Waals surface area contributed by atoms with Gasteiger partial charge in [0.2, 0.25) is 0 Å². The van der Waals surface area contributed by atoms with E-state index in [1.807, 2.05) is 69.0 Å². The van der Waals surface area contributed by atoms with E-state index < -0.39 is 5.92 Å². The van der Waals surface area contributed by atoms with Crippen LogP contribution in [-0.4, -0.2) is 31.6 Å². The summed E-state index contributed by atoms with van der Waals surface area (Å²) in [6.45, 7) is 10.2. The third-order valence-electron chi connectivity index (χ3n) is 5.64. The van der Waals surface area contributed by atoms with Gasteiger partial charge >= 0.3 is 5.97 Å². The lowest BCUT2D eigenvalue weighted by Crippen LogP contribution is -2.38. The molecule has 0 spiro atoms. The first-order valence-corrected chi connectivity index (χ1v) is 12.2. The van der Waals surface area contributed by atoms with Gasteiger partial charge < -0.3 is 19.0 Å². The van der Waals surface area contributed by atoms with Crippen molar-refractivity contribution < 1.29 is 23.8 Å². The topological polar surface area (TPSA) is 61.8 Å². The van der Waals surface area contributed by atoms with E-state index in [2.05, 4.69) is 22.6 Å². The summed E-state index contributed by atoms with van der Waals surface area (Å²) in [7, 11) is 1.63. The van der Waals surface area contributed by atoms with E-state index in [0.717, 1.165) is 24.0 Å². The number of carbonyl (C=O) groups excluding carboxylic acids is 2. The summed E-state index contributed by atoms with van der Waals surface area (Å²) in [5.74, 6) is 0.146. The number of hydrogen-bond acceptors (Lipinski definition) is 5. The summed E-state index contributed by atoms with van der Waals surface area (Å²) in [5.41, 5.74) is 0.995. The highest BCUT2D eigenvalue weighted by atomic mass is 127. The Morgan fingerprint density at radius 3 is 2.29 bits per heavy atom. The lowest BCUT2D eigenvalue weighted by atomic mass is 9.87. The first kappa shape index (κ1) is 27.6. The van der Waals surface area contributed by atoms with Crippen LogP contribution < -0.4 is 4.74 Å². The van der Waals surface area contributed by atoms with Gasteiger partial charge in [0.25, 0.3) is 0 Å². The SMILES string of the molecule is CC[C@@H](OC(=O)[C@H](C)[C@@H](OCc1ccc(OC)cc1)[C@@H](C)C[C@@H](C)C=O)[C@H](C)/C=C/I. The molecule has 0 aromatic heterocycles. The molecule has 31 heavy (non-hydrogen) atoms. The normalized spacial score (nSPS) is 17.4. The van der Waals surface area contributed by atoms with Gasteiger partial charge in [0.15, 0.2) is 0 Å². The van der Waals surface area contributed by atoms with E-state index in [-0.39, 0.29) is 35.9 Å². The molecule has 0 fully saturated rings. The Bertz CT molecular complexity index is 688. The maximum absolute atomic E-state index is 13.0. The van der Waals surface area contributed by atoms with Crippen molar-refractivity contribution in [2.45, 2.75) is 66.3 Å². The van der Waals surface area contributed by atoms with Crippen molar-refractivity contribution in [3.8, 4) is 5.75 Å². The number of halogens is 1. The van der Waals surface area contributed by atoms with Crippen LogP contribution in [0.15, 0.2) is 34.4 Å². The van der Waals surface area contributed by atoms with Gasteiger partial charge in [-0.1, -0.05) is 68.5 Å². The fourth-order valence-electron chi connectivity index (χ4n) is 3.68. The van der Waals surface area contributed by atoms with Gasteiger partial charge in [0.1, 0.15) is 18.1 Å². The molecule has 6 heteroatoms. The third-order valence-corrected chi connectivity index (χ3v) is 6.05. The van der Waals surface area contributed by atoms with Crippen LogP contribution in [0.2, 0.25) is 0 Å². The molecule has 0 aliphatic carbocycles. The molecule has 1 aromatic carbocycles. The minimum Gasteiger partial charge on any atom is -0.497 e. The van der Waals surface area contributed by atoms with Gasteiger partial charge in [-0.15, -0.1) is 0 Å². The molecule has 0 aliphatic rings. The molecule has 0 heterocycles. The fraction of sp³-hybridized carbons (Fsp3) is 0.600. The van der Waals surface area contributed by atoms with Crippen LogP contribution >= 0.6 is 22.6 Å². The lowest BCUT2D eigenvalue weighted by molar-refractivity contribution is -0.163. The van der Waals surface area contributed by atoms with Crippen LogP contribution in [0.3, 0.4) is 0 Å². The van der Waals surface area contributed by atoms with E-state index in [1.165, 1.54) is 0 Å². The van der Waals surface area contributed by atoms with Gasteiger partial charge in [-0.05, 0) is 47.5 Å². The van der Waals surface area contributed by atoms with Gasteiger partial charge in [-0.3, -0.25) is 4.79 Å². The molecular formula is C25H37IO5. The van der Waals surface area contributed by atoms with E-state index in [9.17, 15) is 9.59 Å². The Hall–Kier alpha value is -1.41. The summed E-state index contributed by atoms with van der Waals surface area (Å²) >= 11 is 2.18. The van der Waals surface area contributed by atoms with Crippen LogP contribution in [-0.2, 0) is 25.7 Å². The fourth-order valence-corrected chi connectivity index (χ4v) is 4.34. The molecule has 1 aromatic rings. The maximum Gasteiger partial charge on any atom is 0.311 e. The second-order valence-corrected chi connectivity index (χ2v) is 9.02. The highest BCUT2D eigenvalue weighted by Crippen LogP contribution is 2.27. The molecule has 0 aliphatic heterocycles. The molecule has 1 rings (SSSR count). The molecule has 174 valence electrons. The molecule has 0 radical (unpaired) electrons. The molecule has 0 N–H and O–H groups in total. The zero-order chi connectivity index (χ0) is 23.4.